The molecule has 1 atom stereocenters. The van der Waals surface area contributed by atoms with Crippen molar-refractivity contribution in [1.82, 2.24) is 10.2 Å². The third kappa shape index (κ3) is 3.20. The van der Waals surface area contributed by atoms with Crippen LogP contribution in [0.3, 0.4) is 0 Å². The lowest BCUT2D eigenvalue weighted by molar-refractivity contribution is -0.132. The molecule has 1 N–H and O–H groups in total. The van der Waals surface area contributed by atoms with Gasteiger partial charge in [-0.3, -0.25) is 4.79 Å². The summed E-state index contributed by atoms with van der Waals surface area (Å²) in [6.45, 7) is 3.08. The SMILES string of the molecule is O=C(C[C@@H]1CCCCN1)N1CCCCC1. The van der Waals surface area contributed by atoms with E-state index in [-0.39, 0.29) is 0 Å². The van der Waals surface area contributed by atoms with E-state index in [1.165, 1.54) is 38.5 Å². The first kappa shape index (κ1) is 10.9. The van der Waals surface area contributed by atoms with Gasteiger partial charge in [0.25, 0.3) is 0 Å². The molecule has 0 aromatic carbocycles. The van der Waals surface area contributed by atoms with E-state index in [1.807, 2.05) is 0 Å². The predicted molar refractivity (Wildman–Crippen MR) is 60.7 cm³/mol. The number of hydrogen-bond donors (Lipinski definition) is 1. The molecule has 2 aliphatic rings. The van der Waals surface area contributed by atoms with Crippen molar-refractivity contribution >= 4 is 5.91 Å². The number of rotatable bonds is 2. The van der Waals surface area contributed by atoms with E-state index in [4.69, 9.17) is 0 Å². The van der Waals surface area contributed by atoms with E-state index >= 15 is 0 Å². The van der Waals surface area contributed by atoms with Crippen LogP contribution in [0.1, 0.15) is 44.9 Å². The molecule has 2 aliphatic heterocycles. The fraction of sp³-hybridized carbons (Fsp3) is 0.917. The molecule has 0 saturated carbocycles. The van der Waals surface area contributed by atoms with Crippen LogP contribution < -0.4 is 5.32 Å². The van der Waals surface area contributed by atoms with Crippen molar-refractivity contribution in [3.05, 3.63) is 0 Å². The number of hydrogen-bond acceptors (Lipinski definition) is 2. The molecular weight excluding hydrogens is 188 g/mol. The second-order valence-electron chi connectivity index (χ2n) is 4.79. The van der Waals surface area contributed by atoms with E-state index < -0.39 is 0 Å². The van der Waals surface area contributed by atoms with E-state index in [1.54, 1.807) is 0 Å². The Morgan fingerprint density at radius 3 is 2.60 bits per heavy atom. The minimum absolute atomic E-state index is 0.370. The number of amides is 1. The van der Waals surface area contributed by atoms with E-state index in [0.717, 1.165) is 26.1 Å². The standard InChI is InChI=1S/C12H22N2O/c15-12(14-8-4-1-5-9-14)10-11-6-2-3-7-13-11/h11,13H,1-10H2/t11-/m0/s1. The van der Waals surface area contributed by atoms with Crippen LogP contribution in [0.2, 0.25) is 0 Å². The van der Waals surface area contributed by atoms with E-state index in [2.05, 4.69) is 10.2 Å². The van der Waals surface area contributed by atoms with Crippen molar-refractivity contribution in [3.63, 3.8) is 0 Å². The van der Waals surface area contributed by atoms with Crippen LogP contribution >= 0.6 is 0 Å². The second-order valence-corrected chi connectivity index (χ2v) is 4.79. The van der Waals surface area contributed by atoms with Gasteiger partial charge in [0.1, 0.15) is 0 Å². The molecule has 2 heterocycles. The number of carbonyl (C=O) groups is 1. The molecule has 0 radical (unpaired) electrons. The third-order valence-corrected chi connectivity index (χ3v) is 3.54. The Morgan fingerprint density at radius 2 is 1.93 bits per heavy atom. The smallest absolute Gasteiger partial charge is 0.224 e. The zero-order valence-electron chi connectivity index (χ0n) is 9.50. The summed E-state index contributed by atoms with van der Waals surface area (Å²) in [6, 6.07) is 0.452. The van der Waals surface area contributed by atoms with E-state index in [0.29, 0.717) is 11.9 Å². The average molecular weight is 210 g/mol. The Bertz CT molecular complexity index is 206. The van der Waals surface area contributed by atoms with Gasteiger partial charge in [0.2, 0.25) is 5.91 Å². The molecule has 0 aromatic heterocycles. The van der Waals surface area contributed by atoms with Crippen LogP contribution in [-0.4, -0.2) is 36.5 Å². The van der Waals surface area contributed by atoms with Crippen LogP contribution in [0.15, 0.2) is 0 Å². The fourth-order valence-electron chi connectivity index (χ4n) is 2.58. The molecule has 86 valence electrons. The lowest BCUT2D eigenvalue weighted by Crippen LogP contribution is -2.42. The largest absolute Gasteiger partial charge is 0.343 e. The lowest BCUT2D eigenvalue weighted by Gasteiger charge is -2.30. The Morgan fingerprint density at radius 1 is 1.13 bits per heavy atom. The molecule has 0 spiro atoms. The summed E-state index contributed by atoms with van der Waals surface area (Å²) in [5, 5.41) is 3.44. The summed E-state index contributed by atoms with van der Waals surface area (Å²) in [5.41, 5.74) is 0. The molecule has 15 heavy (non-hydrogen) atoms. The van der Waals surface area contributed by atoms with Gasteiger partial charge in [0.15, 0.2) is 0 Å². The van der Waals surface area contributed by atoms with Gasteiger partial charge in [0, 0.05) is 25.6 Å². The number of carbonyl (C=O) groups excluding carboxylic acids is 1. The first-order chi connectivity index (χ1) is 7.36. The molecular formula is C12H22N2O. The van der Waals surface area contributed by atoms with Crippen LogP contribution in [0, 0.1) is 0 Å². The van der Waals surface area contributed by atoms with Crippen molar-refractivity contribution < 1.29 is 4.79 Å². The maximum absolute atomic E-state index is 12.0. The summed E-state index contributed by atoms with van der Waals surface area (Å²) < 4.78 is 0. The molecule has 1 amide bonds. The van der Waals surface area contributed by atoms with Crippen LogP contribution in [0.4, 0.5) is 0 Å². The highest BCUT2D eigenvalue weighted by Gasteiger charge is 2.21. The number of nitrogens with zero attached hydrogens (tertiary/aromatic N) is 1. The van der Waals surface area contributed by atoms with Crippen LogP contribution in [-0.2, 0) is 4.79 Å². The first-order valence-electron chi connectivity index (χ1n) is 6.37. The predicted octanol–water partition coefficient (Wildman–Crippen LogP) is 1.53. The fourth-order valence-corrected chi connectivity index (χ4v) is 2.58. The third-order valence-electron chi connectivity index (χ3n) is 3.54. The van der Waals surface area contributed by atoms with Crippen molar-refractivity contribution in [2.24, 2.45) is 0 Å². The zero-order chi connectivity index (χ0) is 10.5. The van der Waals surface area contributed by atoms with Gasteiger partial charge in [-0.2, -0.15) is 0 Å². The Kier molecular flexibility index (Phi) is 4.01. The Hall–Kier alpha value is -0.570. The molecule has 2 fully saturated rings. The normalized spacial score (nSPS) is 27.7. The number of nitrogens with one attached hydrogen (secondary N) is 1. The average Bonchev–Trinajstić information content (AvgIpc) is 2.31. The highest BCUT2D eigenvalue weighted by molar-refractivity contribution is 5.76. The maximum atomic E-state index is 12.0. The minimum Gasteiger partial charge on any atom is -0.343 e. The number of likely N-dealkylation sites (tertiary alicyclic amines) is 1. The lowest BCUT2D eigenvalue weighted by atomic mass is 10.0. The van der Waals surface area contributed by atoms with Crippen molar-refractivity contribution in [3.8, 4) is 0 Å². The zero-order valence-corrected chi connectivity index (χ0v) is 9.50. The van der Waals surface area contributed by atoms with E-state index in [9.17, 15) is 4.79 Å². The van der Waals surface area contributed by atoms with Gasteiger partial charge >= 0.3 is 0 Å². The van der Waals surface area contributed by atoms with Gasteiger partial charge in [-0.25, -0.2) is 0 Å². The highest BCUT2D eigenvalue weighted by atomic mass is 16.2. The molecule has 0 aliphatic carbocycles. The summed E-state index contributed by atoms with van der Waals surface area (Å²) >= 11 is 0. The molecule has 2 rings (SSSR count). The molecule has 3 nitrogen and oxygen atoms in total. The van der Waals surface area contributed by atoms with Crippen molar-refractivity contribution in [2.75, 3.05) is 19.6 Å². The van der Waals surface area contributed by atoms with Gasteiger partial charge in [-0.05, 0) is 38.6 Å². The molecule has 0 unspecified atom stereocenters. The molecule has 2 saturated heterocycles. The Labute approximate surface area is 92.2 Å². The topological polar surface area (TPSA) is 32.3 Å². The summed E-state index contributed by atoms with van der Waals surface area (Å²) in [7, 11) is 0. The first-order valence-corrected chi connectivity index (χ1v) is 6.37. The number of piperidine rings is 2. The van der Waals surface area contributed by atoms with Crippen molar-refractivity contribution in [1.29, 1.82) is 0 Å². The van der Waals surface area contributed by atoms with Crippen molar-refractivity contribution in [2.45, 2.75) is 51.0 Å². The summed E-state index contributed by atoms with van der Waals surface area (Å²) in [6.07, 6.45) is 8.15. The molecule has 0 aromatic rings. The summed E-state index contributed by atoms with van der Waals surface area (Å²) in [5.74, 6) is 0.370. The second kappa shape index (κ2) is 5.50. The summed E-state index contributed by atoms with van der Waals surface area (Å²) in [4.78, 5) is 14.0. The maximum Gasteiger partial charge on any atom is 0.224 e. The molecule has 3 heteroatoms. The Balaban J connectivity index is 1.74. The molecule has 0 bridgehead atoms. The van der Waals surface area contributed by atoms with Crippen LogP contribution in [0.5, 0.6) is 0 Å². The van der Waals surface area contributed by atoms with Gasteiger partial charge in [-0.15, -0.1) is 0 Å². The van der Waals surface area contributed by atoms with Gasteiger partial charge < -0.3 is 10.2 Å². The van der Waals surface area contributed by atoms with Gasteiger partial charge in [0.05, 0.1) is 0 Å². The monoisotopic (exact) mass is 210 g/mol. The van der Waals surface area contributed by atoms with Gasteiger partial charge in [-0.1, -0.05) is 6.42 Å². The highest BCUT2D eigenvalue weighted by Crippen LogP contribution is 2.14. The quantitative estimate of drug-likeness (QED) is 0.749. The minimum atomic E-state index is 0.370. The van der Waals surface area contributed by atoms with Crippen LogP contribution in [0.25, 0.3) is 0 Å².